The number of rotatable bonds is 6. The van der Waals surface area contributed by atoms with E-state index >= 15 is 0 Å². The number of para-hydroxylation sites is 1. The van der Waals surface area contributed by atoms with E-state index in [0.29, 0.717) is 24.4 Å². The summed E-state index contributed by atoms with van der Waals surface area (Å²) in [6, 6.07) is 25.4. The summed E-state index contributed by atoms with van der Waals surface area (Å²) in [6.07, 6.45) is 1.77. The summed E-state index contributed by atoms with van der Waals surface area (Å²) >= 11 is 4.96. The van der Waals surface area contributed by atoms with Crippen molar-refractivity contribution in [2.75, 3.05) is 42.1 Å². The van der Waals surface area contributed by atoms with Crippen molar-refractivity contribution in [3.8, 4) is 0 Å². The third-order valence-corrected chi connectivity index (χ3v) is 7.88. The molecule has 2 heterocycles. The lowest BCUT2D eigenvalue weighted by molar-refractivity contribution is -0.113. The molecule has 1 N–H and O–H groups in total. The first-order valence-electron chi connectivity index (χ1n) is 11.7. The summed E-state index contributed by atoms with van der Waals surface area (Å²) < 4.78 is 0.822. The third kappa shape index (κ3) is 5.55. The lowest BCUT2D eigenvalue weighted by Gasteiger charge is -2.36. The average Bonchev–Trinajstić information content (AvgIpc) is 2.92. The predicted molar refractivity (Wildman–Crippen MR) is 150 cm³/mol. The topological polar surface area (TPSA) is 65.5 Å². The molecule has 0 aliphatic carbocycles. The van der Waals surface area contributed by atoms with Crippen LogP contribution in [0.1, 0.15) is 10.4 Å². The minimum absolute atomic E-state index is 0.0531. The van der Waals surface area contributed by atoms with Crippen LogP contribution < -0.4 is 10.2 Å². The van der Waals surface area contributed by atoms with E-state index in [9.17, 15) is 9.59 Å². The number of piperazine rings is 1. The highest BCUT2D eigenvalue weighted by molar-refractivity contribution is 9.10. The molecule has 0 saturated carbocycles. The molecule has 36 heavy (non-hydrogen) atoms. The molecule has 4 aromatic rings. The van der Waals surface area contributed by atoms with Crippen LogP contribution in [-0.4, -0.2) is 53.6 Å². The van der Waals surface area contributed by atoms with Gasteiger partial charge in [-0.25, -0.2) is 0 Å². The number of fused-ring (bicyclic) bond motifs is 1. The van der Waals surface area contributed by atoms with Crippen molar-refractivity contribution in [1.29, 1.82) is 0 Å². The summed E-state index contributed by atoms with van der Waals surface area (Å²) in [5.41, 5.74) is 3.46. The number of amides is 2. The van der Waals surface area contributed by atoms with Crippen LogP contribution in [0.4, 0.5) is 11.4 Å². The SMILES string of the molecule is O=C(CSc1cccc2cccnc12)Nc1ccc(N2CCN(C(=O)c3ccccc3Br)CC2)cc1. The first-order valence-corrected chi connectivity index (χ1v) is 13.5. The van der Waals surface area contributed by atoms with E-state index in [2.05, 4.69) is 31.1 Å². The Kier molecular flexibility index (Phi) is 7.53. The maximum absolute atomic E-state index is 12.9. The summed E-state index contributed by atoms with van der Waals surface area (Å²) in [5, 5.41) is 4.05. The fourth-order valence-electron chi connectivity index (χ4n) is 4.26. The number of halogens is 1. The minimum Gasteiger partial charge on any atom is -0.368 e. The van der Waals surface area contributed by atoms with Crippen molar-refractivity contribution < 1.29 is 9.59 Å². The van der Waals surface area contributed by atoms with Crippen molar-refractivity contribution in [2.45, 2.75) is 4.90 Å². The van der Waals surface area contributed by atoms with Gasteiger partial charge in [0.1, 0.15) is 0 Å². The van der Waals surface area contributed by atoms with E-state index < -0.39 is 0 Å². The Morgan fingerprint density at radius 2 is 1.64 bits per heavy atom. The molecule has 0 atom stereocenters. The van der Waals surface area contributed by atoms with Gasteiger partial charge in [-0.3, -0.25) is 14.6 Å². The second kappa shape index (κ2) is 11.1. The molecule has 6 nitrogen and oxygen atoms in total. The van der Waals surface area contributed by atoms with Gasteiger partial charge in [-0.15, -0.1) is 11.8 Å². The fourth-order valence-corrected chi connectivity index (χ4v) is 5.56. The van der Waals surface area contributed by atoms with Crippen molar-refractivity contribution in [3.05, 3.63) is 95.1 Å². The fraction of sp³-hybridized carbons (Fsp3) is 0.179. The zero-order valence-corrected chi connectivity index (χ0v) is 22.0. The number of carbonyl (C=O) groups excluding carboxylic acids is 2. The first kappa shape index (κ1) is 24.3. The third-order valence-electron chi connectivity index (χ3n) is 6.14. The molecule has 0 bridgehead atoms. The normalized spacial score (nSPS) is 13.6. The molecule has 1 aliphatic heterocycles. The van der Waals surface area contributed by atoms with E-state index in [1.54, 1.807) is 6.20 Å². The van der Waals surface area contributed by atoms with Gasteiger partial charge < -0.3 is 15.1 Å². The maximum atomic E-state index is 12.9. The Balaban J connectivity index is 1.13. The Labute approximate surface area is 222 Å². The van der Waals surface area contributed by atoms with Crippen LogP contribution in [0.3, 0.4) is 0 Å². The van der Waals surface area contributed by atoms with Crippen LogP contribution in [0.5, 0.6) is 0 Å². The molecule has 1 aromatic heterocycles. The number of benzene rings is 3. The number of hydrogen-bond acceptors (Lipinski definition) is 5. The van der Waals surface area contributed by atoms with Crippen LogP contribution >= 0.6 is 27.7 Å². The number of aromatic nitrogens is 1. The van der Waals surface area contributed by atoms with Gasteiger partial charge in [0.15, 0.2) is 0 Å². The van der Waals surface area contributed by atoms with E-state index in [4.69, 9.17) is 0 Å². The largest absolute Gasteiger partial charge is 0.368 e. The van der Waals surface area contributed by atoms with Gasteiger partial charge in [-0.05, 0) is 64.5 Å². The number of nitrogens with zero attached hydrogens (tertiary/aromatic N) is 3. The summed E-state index contributed by atoms with van der Waals surface area (Å²) in [6.45, 7) is 2.85. The Morgan fingerprint density at radius 1 is 0.889 bits per heavy atom. The van der Waals surface area contributed by atoms with Crippen molar-refractivity contribution in [2.24, 2.45) is 0 Å². The molecule has 0 unspecified atom stereocenters. The van der Waals surface area contributed by atoms with E-state index in [1.165, 1.54) is 11.8 Å². The summed E-state index contributed by atoms with van der Waals surface area (Å²) in [4.78, 5) is 35.0. The van der Waals surface area contributed by atoms with E-state index in [0.717, 1.165) is 44.7 Å². The monoisotopic (exact) mass is 560 g/mol. The van der Waals surface area contributed by atoms with E-state index in [1.807, 2.05) is 83.8 Å². The zero-order chi connectivity index (χ0) is 24.9. The molecule has 8 heteroatoms. The van der Waals surface area contributed by atoms with Crippen LogP contribution in [0.2, 0.25) is 0 Å². The Morgan fingerprint density at radius 3 is 2.42 bits per heavy atom. The second-order valence-corrected chi connectivity index (χ2v) is 10.3. The quantitative estimate of drug-likeness (QED) is 0.307. The lowest BCUT2D eigenvalue weighted by Crippen LogP contribution is -2.48. The summed E-state index contributed by atoms with van der Waals surface area (Å²) in [5.74, 6) is 0.308. The molecule has 0 spiro atoms. The van der Waals surface area contributed by atoms with E-state index in [-0.39, 0.29) is 11.8 Å². The van der Waals surface area contributed by atoms with Crippen LogP contribution in [0, 0.1) is 0 Å². The number of hydrogen-bond donors (Lipinski definition) is 1. The van der Waals surface area contributed by atoms with Gasteiger partial charge in [-0.2, -0.15) is 0 Å². The van der Waals surface area contributed by atoms with Crippen molar-refractivity contribution in [3.63, 3.8) is 0 Å². The number of nitrogens with one attached hydrogen (secondary N) is 1. The molecule has 0 radical (unpaired) electrons. The smallest absolute Gasteiger partial charge is 0.255 e. The van der Waals surface area contributed by atoms with Gasteiger partial charge in [0.25, 0.3) is 5.91 Å². The number of pyridine rings is 1. The van der Waals surface area contributed by atoms with Crippen molar-refractivity contribution >= 4 is 61.8 Å². The number of thioether (sulfide) groups is 1. The molecule has 182 valence electrons. The van der Waals surface area contributed by atoms with Gasteiger partial charge in [-0.1, -0.05) is 30.3 Å². The Hall–Kier alpha value is -3.36. The highest BCUT2D eigenvalue weighted by Crippen LogP contribution is 2.27. The Bertz CT molecular complexity index is 1380. The minimum atomic E-state index is -0.0557. The molecular weight excluding hydrogens is 536 g/mol. The molecule has 3 aromatic carbocycles. The van der Waals surface area contributed by atoms with Crippen LogP contribution in [-0.2, 0) is 4.79 Å². The second-order valence-electron chi connectivity index (χ2n) is 8.47. The van der Waals surface area contributed by atoms with Gasteiger partial charge >= 0.3 is 0 Å². The van der Waals surface area contributed by atoms with Gasteiger partial charge in [0.2, 0.25) is 5.91 Å². The summed E-state index contributed by atoms with van der Waals surface area (Å²) in [7, 11) is 0. The van der Waals surface area contributed by atoms with Crippen LogP contribution in [0.25, 0.3) is 10.9 Å². The lowest BCUT2D eigenvalue weighted by atomic mass is 10.1. The average molecular weight is 562 g/mol. The zero-order valence-electron chi connectivity index (χ0n) is 19.6. The molecule has 1 fully saturated rings. The van der Waals surface area contributed by atoms with Crippen LogP contribution in [0.15, 0.2) is 94.4 Å². The predicted octanol–water partition coefficient (Wildman–Crippen LogP) is 5.69. The van der Waals surface area contributed by atoms with Gasteiger partial charge in [0, 0.05) is 58.5 Å². The highest BCUT2D eigenvalue weighted by Gasteiger charge is 2.23. The molecule has 5 rings (SSSR count). The maximum Gasteiger partial charge on any atom is 0.255 e. The first-order chi connectivity index (χ1) is 17.6. The number of anilines is 2. The molecular formula is C28H25BrN4O2S. The van der Waals surface area contributed by atoms with Crippen molar-refractivity contribution in [1.82, 2.24) is 9.88 Å². The highest BCUT2D eigenvalue weighted by atomic mass is 79.9. The standard InChI is InChI=1S/C28H25BrN4O2S/c29-24-8-2-1-7-23(24)28(35)33-17-15-32(16-18-33)22-12-10-21(11-13-22)31-26(34)19-36-25-9-3-5-20-6-4-14-30-27(20)25/h1-14H,15-19H2,(H,31,34). The molecule has 1 saturated heterocycles. The van der Waals surface area contributed by atoms with Gasteiger partial charge in [0.05, 0.1) is 16.8 Å². The molecule has 2 amide bonds. The molecule has 1 aliphatic rings. The number of carbonyl (C=O) groups is 2.